The van der Waals surface area contributed by atoms with Crippen molar-refractivity contribution >= 4 is 34.3 Å². The lowest BCUT2D eigenvalue weighted by atomic mass is 10.2. The van der Waals surface area contributed by atoms with Gasteiger partial charge in [0.25, 0.3) is 0 Å². The van der Waals surface area contributed by atoms with Crippen molar-refractivity contribution in [1.82, 2.24) is 14.3 Å². The fraction of sp³-hybridized carbons (Fsp3) is 0.150. The lowest BCUT2D eigenvalue weighted by Crippen LogP contribution is -1.95. The molecule has 2 aromatic carbocycles. The van der Waals surface area contributed by atoms with Crippen LogP contribution in [0.2, 0.25) is 5.02 Å². The second-order valence-electron chi connectivity index (χ2n) is 6.15. The Bertz CT molecular complexity index is 1080. The van der Waals surface area contributed by atoms with Crippen molar-refractivity contribution in [3.63, 3.8) is 0 Å². The molecule has 0 atom stereocenters. The van der Waals surface area contributed by atoms with Crippen LogP contribution in [-0.2, 0) is 7.05 Å². The first-order chi connectivity index (χ1) is 12.0. The number of aryl methyl sites for hydroxylation is 2. The Morgan fingerprint density at radius 2 is 1.88 bits per heavy atom. The maximum Gasteiger partial charge on any atom is 0.0840 e. The highest BCUT2D eigenvalue weighted by molar-refractivity contribution is 7.99. The van der Waals surface area contributed by atoms with Crippen molar-refractivity contribution in [3.05, 3.63) is 71.1 Å². The monoisotopic (exact) mass is 367 g/mol. The van der Waals surface area contributed by atoms with E-state index >= 15 is 0 Å². The molecule has 0 aliphatic rings. The summed E-state index contributed by atoms with van der Waals surface area (Å²) in [5.74, 6) is 0. The number of halogens is 1. The zero-order chi connectivity index (χ0) is 17.6. The number of hydrogen-bond acceptors (Lipinski definition) is 2. The van der Waals surface area contributed by atoms with Crippen LogP contribution in [0.1, 0.15) is 11.3 Å². The molecule has 0 aliphatic carbocycles. The van der Waals surface area contributed by atoms with E-state index < -0.39 is 0 Å². The van der Waals surface area contributed by atoms with Crippen molar-refractivity contribution in [2.75, 3.05) is 0 Å². The van der Waals surface area contributed by atoms with Gasteiger partial charge in [-0.1, -0.05) is 47.6 Å². The van der Waals surface area contributed by atoms with Crippen LogP contribution in [0.25, 0.3) is 16.6 Å². The minimum atomic E-state index is 0.739. The van der Waals surface area contributed by atoms with Crippen LogP contribution in [0.5, 0.6) is 0 Å². The number of rotatable bonds is 3. The fourth-order valence-electron chi connectivity index (χ4n) is 3.13. The van der Waals surface area contributed by atoms with Gasteiger partial charge in [-0.2, -0.15) is 5.10 Å². The number of hydrogen-bond donors (Lipinski definition) is 0. The summed E-state index contributed by atoms with van der Waals surface area (Å²) in [6.45, 7) is 4.30. The Hall–Kier alpha value is -2.17. The zero-order valence-electron chi connectivity index (χ0n) is 14.3. The number of aromatic nitrogens is 3. The first-order valence-corrected chi connectivity index (χ1v) is 9.27. The maximum atomic E-state index is 6.29. The third-order valence-corrected chi connectivity index (χ3v) is 6.00. The quantitative estimate of drug-likeness (QED) is 0.457. The van der Waals surface area contributed by atoms with E-state index in [4.69, 9.17) is 11.6 Å². The van der Waals surface area contributed by atoms with E-state index in [2.05, 4.69) is 53.8 Å². The summed E-state index contributed by atoms with van der Waals surface area (Å²) in [6.07, 6.45) is 3.91. The van der Waals surface area contributed by atoms with Crippen molar-refractivity contribution in [3.8, 4) is 5.69 Å². The van der Waals surface area contributed by atoms with Gasteiger partial charge in [-0.3, -0.25) is 4.68 Å². The summed E-state index contributed by atoms with van der Waals surface area (Å²) in [4.78, 5) is 2.52. The van der Waals surface area contributed by atoms with E-state index in [1.54, 1.807) is 0 Å². The molecule has 2 heterocycles. The van der Waals surface area contributed by atoms with Gasteiger partial charge in [-0.15, -0.1) is 0 Å². The fourth-order valence-corrected chi connectivity index (χ4v) is 4.41. The maximum absolute atomic E-state index is 6.29. The number of fused-ring (bicyclic) bond motifs is 1. The third-order valence-electron chi connectivity index (χ3n) is 4.36. The molecule has 126 valence electrons. The third kappa shape index (κ3) is 2.86. The molecule has 0 bridgehead atoms. The average molecular weight is 368 g/mol. The van der Waals surface area contributed by atoms with Crippen LogP contribution in [0.3, 0.4) is 0 Å². The Kier molecular flexibility index (Phi) is 4.10. The molecule has 25 heavy (non-hydrogen) atoms. The van der Waals surface area contributed by atoms with Gasteiger partial charge in [0, 0.05) is 39.1 Å². The predicted octanol–water partition coefficient (Wildman–Crippen LogP) is 5.79. The van der Waals surface area contributed by atoms with Gasteiger partial charge in [0.05, 0.1) is 17.4 Å². The Morgan fingerprint density at radius 1 is 1.08 bits per heavy atom. The Morgan fingerprint density at radius 3 is 2.60 bits per heavy atom. The molecular formula is C20H18ClN3S. The molecule has 0 saturated heterocycles. The van der Waals surface area contributed by atoms with Crippen LogP contribution in [0, 0.1) is 13.8 Å². The molecule has 2 aromatic heterocycles. The average Bonchev–Trinajstić information content (AvgIpc) is 3.11. The van der Waals surface area contributed by atoms with Crippen molar-refractivity contribution in [2.24, 2.45) is 7.05 Å². The van der Waals surface area contributed by atoms with Gasteiger partial charge in [-0.05, 0) is 37.6 Å². The van der Waals surface area contributed by atoms with Gasteiger partial charge in [0.1, 0.15) is 0 Å². The van der Waals surface area contributed by atoms with Crippen LogP contribution in [0.15, 0.2) is 64.6 Å². The van der Waals surface area contributed by atoms with Crippen molar-refractivity contribution in [2.45, 2.75) is 23.6 Å². The minimum absolute atomic E-state index is 0.739. The van der Waals surface area contributed by atoms with Gasteiger partial charge >= 0.3 is 0 Å². The molecule has 0 spiro atoms. The molecule has 0 N–H and O–H groups in total. The van der Waals surface area contributed by atoms with Gasteiger partial charge in [0.2, 0.25) is 0 Å². The predicted molar refractivity (Wildman–Crippen MR) is 105 cm³/mol. The number of nitrogens with zero attached hydrogens (tertiary/aromatic N) is 3. The molecule has 3 nitrogen and oxygen atoms in total. The van der Waals surface area contributed by atoms with Crippen LogP contribution in [-0.4, -0.2) is 14.3 Å². The van der Waals surface area contributed by atoms with Gasteiger partial charge in [0.15, 0.2) is 0 Å². The molecule has 0 aliphatic heterocycles. The highest BCUT2D eigenvalue weighted by Gasteiger charge is 2.18. The molecule has 0 saturated carbocycles. The molecule has 5 heteroatoms. The second kappa shape index (κ2) is 6.28. The SMILES string of the molecule is Cc1ccccc1Sc1c(C)n(-c2cnn(C)c2)c2cc(Cl)ccc12. The molecule has 4 rings (SSSR count). The lowest BCUT2D eigenvalue weighted by Gasteiger charge is -2.07. The molecular weight excluding hydrogens is 350 g/mol. The summed E-state index contributed by atoms with van der Waals surface area (Å²) < 4.78 is 4.05. The summed E-state index contributed by atoms with van der Waals surface area (Å²) >= 11 is 8.10. The number of benzene rings is 2. The Balaban J connectivity index is 1.96. The van der Waals surface area contributed by atoms with Gasteiger partial charge in [-0.25, -0.2) is 0 Å². The molecule has 4 aromatic rings. The minimum Gasteiger partial charge on any atom is -0.310 e. The van der Waals surface area contributed by atoms with E-state index in [-0.39, 0.29) is 0 Å². The van der Waals surface area contributed by atoms with E-state index in [0.717, 1.165) is 16.2 Å². The van der Waals surface area contributed by atoms with Crippen molar-refractivity contribution < 1.29 is 0 Å². The molecule has 0 radical (unpaired) electrons. The van der Waals surface area contributed by atoms with Crippen LogP contribution < -0.4 is 0 Å². The standard InChI is InChI=1S/C20H18ClN3S/c1-13-6-4-5-7-19(13)25-20-14(2)24(16-11-22-23(3)12-16)18-10-15(21)8-9-17(18)20/h4-12H,1-3H3. The topological polar surface area (TPSA) is 22.8 Å². The normalized spacial score (nSPS) is 11.4. The lowest BCUT2D eigenvalue weighted by molar-refractivity contribution is 0.767. The highest BCUT2D eigenvalue weighted by atomic mass is 35.5. The summed E-state index contributed by atoms with van der Waals surface area (Å²) in [5.41, 5.74) is 4.62. The zero-order valence-corrected chi connectivity index (χ0v) is 15.9. The van der Waals surface area contributed by atoms with Crippen LogP contribution in [0.4, 0.5) is 0 Å². The smallest absolute Gasteiger partial charge is 0.0840 e. The summed E-state index contributed by atoms with van der Waals surface area (Å²) in [6, 6.07) is 14.6. The highest BCUT2D eigenvalue weighted by Crippen LogP contribution is 2.41. The Labute approximate surface area is 156 Å². The van der Waals surface area contributed by atoms with E-state index in [1.165, 1.54) is 26.4 Å². The molecule has 0 fully saturated rings. The first kappa shape index (κ1) is 16.3. The van der Waals surface area contributed by atoms with E-state index in [0.29, 0.717) is 0 Å². The van der Waals surface area contributed by atoms with E-state index in [1.807, 2.05) is 48.0 Å². The van der Waals surface area contributed by atoms with Crippen molar-refractivity contribution in [1.29, 1.82) is 0 Å². The largest absolute Gasteiger partial charge is 0.310 e. The molecule has 0 amide bonds. The van der Waals surface area contributed by atoms with E-state index in [9.17, 15) is 0 Å². The second-order valence-corrected chi connectivity index (χ2v) is 7.64. The molecule has 0 unspecified atom stereocenters. The van der Waals surface area contributed by atoms with Crippen LogP contribution >= 0.6 is 23.4 Å². The summed E-state index contributed by atoms with van der Waals surface area (Å²) in [7, 11) is 1.93. The first-order valence-electron chi connectivity index (χ1n) is 8.07. The summed E-state index contributed by atoms with van der Waals surface area (Å²) in [5, 5.41) is 6.27. The van der Waals surface area contributed by atoms with Gasteiger partial charge < -0.3 is 4.57 Å².